The molecule has 1 atom stereocenters. The molecule has 0 unspecified atom stereocenters. The zero-order chi connectivity index (χ0) is 15.8. The Morgan fingerprint density at radius 1 is 1.38 bits per heavy atom. The van der Waals surface area contributed by atoms with Gasteiger partial charge in [0, 0.05) is 0 Å². The molecule has 1 amide bonds. The first-order valence-corrected chi connectivity index (χ1v) is 8.02. The summed E-state index contributed by atoms with van der Waals surface area (Å²) in [5.74, 6) is -0.490. The summed E-state index contributed by atoms with van der Waals surface area (Å²) in [5, 5.41) is 13.3. The monoisotopic (exact) mass is 310 g/mol. The highest BCUT2D eigenvalue weighted by Gasteiger charge is 2.13. The molecule has 0 radical (unpaired) electrons. The van der Waals surface area contributed by atoms with Crippen molar-refractivity contribution in [2.45, 2.75) is 26.3 Å². The summed E-state index contributed by atoms with van der Waals surface area (Å²) in [4.78, 5) is 22.7. The highest BCUT2D eigenvalue weighted by atomic mass is 32.2. The van der Waals surface area contributed by atoms with Crippen molar-refractivity contribution in [3.63, 3.8) is 0 Å². The minimum absolute atomic E-state index is 0.215. The third kappa shape index (κ3) is 6.08. The third-order valence-corrected chi connectivity index (χ3v) is 3.56. The molecule has 0 aliphatic rings. The van der Waals surface area contributed by atoms with Gasteiger partial charge in [-0.15, -0.1) is 0 Å². The van der Waals surface area contributed by atoms with E-state index in [1.54, 1.807) is 6.07 Å². The van der Waals surface area contributed by atoms with Gasteiger partial charge in [0.05, 0.1) is 12.0 Å². The van der Waals surface area contributed by atoms with E-state index in [1.165, 1.54) is 11.8 Å². The van der Waals surface area contributed by atoms with Crippen molar-refractivity contribution in [3.8, 4) is 5.75 Å². The number of hydrogen-bond acceptors (Lipinski definition) is 5. The Labute approximate surface area is 129 Å². The molecule has 1 N–H and O–H groups in total. The van der Waals surface area contributed by atoms with Crippen LogP contribution in [0.1, 0.15) is 17.5 Å². The van der Waals surface area contributed by atoms with Crippen LogP contribution in [0.5, 0.6) is 5.75 Å². The zero-order valence-electron chi connectivity index (χ0n) is 12.5. The predicted octanol–water partition coefficient (Wildman–Crippen LogP) is 0.670. The van der Waals surface area contributed by atoms with Crippen molar-refractivity contribution in [1.29, 1.82) is 0 Å². The molecule has 0 spiro atoms. The fourth-order valence-corrected chi connectivity index (χ4v) is 2.30. The van der Waals surface area contributed by atoms with Crippen LogP contribution in [0.2, 0.25) is 0 Å². The van der Waals surface area contributed by atoms with Gasteiger partial charge in [-0.3, -0.25) is 4.79 Å². The number of ether oxygens (including phenoxy) is 1. The number of carboxylic acid groups (broad SMARTS) is 1. The van der Waals surface area contributed by atoms with Gasteiger partial charge in [-0.2, -0.15) is 11.8 Å². The quantitative estimate of drug-likeness (QED) is 0.763. The Kier molecular flexibility index (Phi) is 7.08. The molecule has 1 rings (SSSR count). The number of carbonyl (C=O) groups is 2. The van der Waals surface area contributed by atoms with Crippen LogP contribution in [0.3, 0.4) is 0 Å². The van der Waals surface area contributed by atoms with Crippen LogP contribution in [-0.2, 0) is 9.59 Å². The largest absolute Gasteiger partial charge is 0.548 e. The van der Waals surface area contributed by atoms with Crippen LogP contribution >= 0.6 is 11.8 Å². The smallest absolute Gasteiger partial charge is 0.258 e. The van der Waals surface area contributed by atoms with Crippen molar-refractivity contribution in [2.75, 3.05) is 18.6 Å². The minimum Gasteiger partial charge on any atom is -0.548 e. The second-order valence-electron chi connectivity index (χ2n) is 4.78. The summed E-state index contributed by atoms with van der Waals surface area (Å²) in [6.45, 7) is 3.65. The lowest BCUT2D eigenvalue weighted by Crippen LogP contribution is -2.49. The summed E-state index contributed by atoms with van der Waals surface area (Å²) < 4.78 is 5.41. The van der Waals surface area contributed by atoms with Gasteiger partial charge in [0.2, 0.25) is 0 Å². The molecule has 0 fully saturated rings. The van der Waals surface area contributed by atoms with E-state index in [-0.39, 0.29) is 6.61 Å². The molecule has 1 aromatic rings. The molecule has 0 saturated carbocycles. The van der Waals surface area contributed by atoms with E-state index in [9.17, 15) is 14.7 Å². The fraction of sp³-hybridized carbons (Fsp3) is 0.467. The molecule has 0 aliphatic carbocycles. The maximum absolute atomic E-state index is 11.7. The first-order valence-electron chi connectivity index (χ1n) is 6.63. The van der Waals surface area contributed by atoms with Crippen molar-refractivity contribution >= 4 is 23.6 Å². The van der Waals surface area contributed by atoms with E-state index in [0.29, 0.717) is 17.9 Å². The van der Waals surface area contributed by atoms with Gasteiger partial charge in [0.1, 0.15) is 5.75 Å². The Balaban J connectivity index is 2.50. The number of nitrogens with one attached hydrogen (secondary N) is 1. The number of aryl methyl sites for hydroxylation is 2. The van der Waals surface area contributed by atoms with Gasteiger partial charge in [0.25, 0.3) is 5.91 Å². The molecule has 0 heterocycles. The SMILES string of the molecule is CSCC[C@@H](NC(=O)COc1ccc(C)cc1C)C(=O)[O-]. The van der Waals surface area contributed by atoms with Gasteiger partial charge < -0.3 is 20.0 Å². The van der Waals surface area contributed by atoms with Crippen molar-refractivity contribution in [2.24, 2.45) is 0 Å². The number of carbonyl (C=O) groups excluding carboxylic acids is 2. The maximum Gasteiger partial charge on any atom is 0.258 e. The van der Waals surface area contributed by atoms with Crippen LogP contribution in [0.15, 0.2) is 18.2 Å². The summed E-state index contributed by atoms with van der Waals surface area (Å²) in [6.07, 6.45) is 2.20. The van der Waals surface area contributed by atoms with Crippen molar-refractivity contribution < 1.29 is 19.4 Å². The van der Waals surface area contributed by atoms with Gasteiger partial charge in [-0.1, -0.05) is 17.7 Å². The molecular weight excluding hydrogens is 290 g/mol. The summed E-state index contributed by atoms with van der Waals surface area (Å²) in [5.41, 5.74) is 2.04. The fourth-order valence-electron chi connectivity index (χ4n) is 1.83. The summed E-state index contributed by atoms with van der Waals surface area (Å²) in [7, 11) is 0. The highest BCUT2D eigenvalue weighted by molar-refractivity contribution is 7.98. The Morgan fingerprint density at radius 3 is 2.67 bits per heavy atom. The summed E-state index contributed by atoms with van der Waals surface area (Å²) in [6, 6.07) is 4.66. The Hall–Kier alpha value is -1.69. The number of benzene rings is 1. The molecule has 0 aromatic heterocycles. The molecule has 6 heteroatoms. The second-order valence-corrected chi connectivity index (χ2v) is 5.76. The van der Waals surface area contributed by atoms with E-state index in [0.717, 1.165) is 11.1 Å². The number of hydrogen-bond donors (Lipinski definition) is 1. The average Bonchev–Trinajstić information content (AvgIpc) is 2.42. The topological polar surface area (TPSA) is 78.5 Å². The number of aliphatic carboxylic acids is 1. The first-order chi connectivity index (χ1) is 9.93. The van der Waals surface area contributed by atoms with Gasteiger partial charge in [-0.05, 0) is 43.9 Å². The van der Waals surface area contributed by atoms with Gasteiger partial charge >= 0.3 is 0 Å². The van der Waals surface area contributed by atoms with Crippen molar-refractivity contribution in [3.05, 3.63) is 29.3 Å². The number of rotatable bonds is 8. The van der Waals surface area contributed by atoms with Gasteiger partial charge in [0.15, 0.2) is 6.61 Å². The van der Waals surface area contributed by atoms with Crippen LogP contribution < -0.4 is 15.2 Å². The number of carboxylic acids is 1. The average molecular weight is 310 g/mol. The summed E-state index contributed by atoms with van der Waals surface area (Å²) >= 11 is 1.51. The van der Waals surface area contributed by atoms with Crippen LogP contribution in [0.25, 0.3) is 0 Å². The van der Waals surface area contributed by atoms with E-state index >= 15 is 0 Å². The maximum atomic E-state index is 11.7. The van der Waals surface area contributed by atoms with Crippen LogP contribution in [0, 0.1) is 13.8 Å². The number of amides is 1. The molecule has 0 saturated heterocycles. The van der Waals surface area contributed by atoms with E-state index in [2.05, 4.69) is 5.32 Å². The normalized spacial score (nSPS) is 11.8. The van der Waals surface area contributed by atoms with Crippen LogP contribution in [0.4, 0.5) is 0 Å². The standard InChI is InChI=1S/C15H21NO4S/c1-10-4-5-13(11(2)8-10)20-9-14(17)16-12(15(18)19)6-7-21-3/h4-5,8,12H,6-7,9H2,1-3H3,(H,16,17)(H,18,19)/p-1/t12-/m1/s1. The lowest BCUT2D eigenvalue weighted by atomic mass is 10.1. The third-order valence-electron chi connectivity index (χ3n) is 2.92. The highest BCUT2D eigenvalue weighted by Crippen LogP contribution is 2.18. The zero-order valence-corrected chi connectivity index (χ0v) is 13.3. The molecule has 116 valence electrons. The molecule has 0 aliphatic heterocycles. The molecule has 0 bridgehead atoms. The Morgan fingerprint density at radius 2 is 2.10 bits per heavy atom. The van der Waals surface area contributed by atoms with Crippen LogP contribution in [-0.4, -0.2) is 36.5 Å². The first kappa shape index (κ1) is 17.4. The minimum atomic E-state index is -1.27. The lowest BCUT2D eigenvalue weighted by Gasteiger charge is -2.19. The molecule has 1 aromatic carbocycles. The van der Waals surface area contributed by atoms with E-state index in [1.807, 2.05) is 32.2 Å². The molecular formula is C15H20NO4S-. The van der Waals surface area contributed by atoms with E-state index < -0.39 is 17.9 Å². The molecule has 21 heavy (non-hydrogen) atoms. The second kappa shape index (κ2) is 8.56. The lowest BCUT2D eigenvalue weighted by molar-refractivity contribution is -0.308. The van der Waals surface area contributed by atoms with Crippen molar-refractivity contribution in [1.82, 2.24) is 5.32 Å². The van der Waals surface area contributed by atoms with Gasteiger partial charge in [-0.25, -0.2) is 0 Å². The molecule has 5 nitrogen and oxygen atoms in total. The Bertz CT molecular complexity index is 504. The van der Waals surface area contributed by atoms with E-state index in [4.69, 9.17) is 4.74 Å². The number of thioether (sulfide) groups is 1. The predicted molar refractivity (Wildman–Crippen MR) is 81.3 cm³/mol.